The summed E-state index contributed by atoms with van der Waals surface area (Å²) in [6.45, 7) is 0. The Morgan fingerprint density at radius 2 is 1.95 bits per heavy atom. The Kier molecular flexibility index (Phi) is 5.08. The molecule has 0 atom stereocenters. The highest BCUT2D eigenvalue weighted by Gasteiger charge is 2.10. The molecule has 1 N–H and O–H groups in total. The first-order chi connectivity index (χ1) is 10.5. The predicted molar refractivity (Wildman–Crippen MR) is 84.6 cm³/mol. The third-order valence-corrected chi connectivity index (χ3v) is 3.50. The molecular formula is C14H9Cl2N3O3. The van der Waals surface area contributed by atoms with Crippen molar-refractivity contribution in [3.05, 3.63) is 73.8 Å². The Balaban J connectivity index is 2.09. The van der Waals surface area contributed by atoms with Gasteiger partial charge in [0.15, 0.2) is 0 Å². The number of nitrogens with one attached hydrogen (secondary N) is 1. The largest absolute Gasteiger partial charge is 0.271 e. The average Bonchev–Trinajstić information content (AvgIpc) is 2.51. The fourth-order valence-electron chi connectivity index (χ4n) is 1.61. The maximum atomic E-state index is 11.9. The Labute approximate surface area is 135 Å². The van der Waals surface area contributed by atoms with Gasteiger partial charge in [-0.05, 0) is 12.1 Å². The van der Waals surface area contributed by atoms with Crippen LogP contribution in [0.5, 0.6) is 0 Å². The van der Waals surface area contributed by atoms with E-state index in [-0.39, 0.29) is 11.3 Å². The van der Waals surface area contributed by atoms with Crippen molar-refractivity contribution < 1.29 is 9.72 Å². The summed E-state index contributed by atoms with van der Waals surface area (Å²) in [5.41, 5.74) is 2.76. The van der Waals surface area contributed by atoms with E-state index in [0.717, 1.165) is 6.07 Å². The van der Waals surface area contributed by atoms with Gasteiger partial charge in [0.25, 0.3) is 11.6 Å². The number of hydrogen-bond donors (Lipinski definition) is 1. The number of hydrazone groups is 1. The number of non-ortho nitro benzene ring substituents is 1. The summed E-state index contributed by atoms with van der Waals surface area (Å²) in [7, 11) is 0. The highest BCUT2D eigenvalue weighted by Crippen LogP contribution is 2.24. The average molecular weight is 338 g/mol. The highest BCUT2D eigenvalue weighted by molar-refractivity contribution is 6.43. The van der Waals surface area contributed by atoms with Crippen LogP contribution in [-0.4, -0.2) is 17.0 Å². The molecule has 0 saturated carbocycles. The predicted octanol–water partition coefficient (Wildman–Crippen LogP) is 3.67. The first kappa shape index (κ1) is 15.9. The number of nitro groups is 1. The summed E-state index contributed by atoms with van der Waals surface area (Å²) in [5, 5.41) is 15.1. The summed E-state index contributed by atoms with van der Waals surface area (Å²) < 4.78 is 0. The highest BCUT2D eigenvalue weighted by atomic mass is 35.5. The monoisotopic (exact) mass is 337 g/mol. The molecule has 0 heterocycles. The molecule has 0 fully saturated rings. The molecule has 8 heteroatoms. The van der Waals surface area contributed by atoms with Gasteiger partial charge in [-0.15, -0.1) is 0 Å². The second kappa shape index (κ2) is 7.02. The van der Waals surface area contributed by atoms with Gasteiger partial charge in [0.1, 0.15) is 0 Å². The molecule has 2 aromatic rings. The molecule has 112 valence electrons. The summed E-state index contributed by atoms with van der Waals surface area (Å²) in [6.07, 6.45) is 1.34. The van der Waals surface area contributed by atoms with Gasteiger partial charge in [-0.1, -0.05) is 41.4 Å². The zero-order valence-electron chi connectivity index (χ0n) is 11.0. The van der Waals surface area contributed by atoms with Crippen LogP contribution in [0.1, 0.15) is 15.9 Å². The lowest BCUT2D eigenvalue weighted by Gasteiger charge is -2.01. The Hall–Kier alpha value is -2.44. The summed E-state index contributed by atoms with van der Waals surface area (Å²) >= 11 is 11.8. The van der Waals surface area contributed by atoms with Gasteiger partial charge in [-0.3, -0.25) is 14.9 Å². The van der Waals surface area contributed by atoms with Gasteiger partial charge in [0, 0.05) is 23.3 Å². The number of hydrogen-bond acceptors (Lipinski definition) is 4. The van der Waals surface area contributed by atoms with Crippen molar-refractivity contribution in [2.45, 2.75) is 0 Å². The van der Waals surface area contributed by atoms with Crippen molar-refractivity contribution in [2.75, 3.05) is 0 Å². The van der Waals surface area contributed by atoms with Crippen molar-refractivity contribution in [3.8, 4) is 0 Å². The van der Waals surface area contributed by atoms with Gasteiger partial charge < -0.3 is 0 Å². The summed E-state index contributed by atoms with van der Waals surface area (Å²) in [4.78, 5) is 21.9. The Bertz CT molecular complexity index is 763. The molecule has 2 rings (SSSR count). The molecule has 2 aromatic carbocycles. The lowest BCUT2D eigenvalue weighted by Crippen LogP contribution is -2.17. The molecule has 0 unspecified atom stereocenters. The van der Waals surface area contributed by atoms with Crippen LogP contribution in [0, 0.1) is 10.1 Å². The van der Waals surface area contributed by atoms with Crippen LogP contribution in [0.15, 0.2) is 47.6 Å². The van der Waals surface area contributed by atoms with E-state index >= 15 is 0 Å². The van der Waals surface area contributed by atoms with Gasteiger partial charge in [-0.25, -0.2) is 5.43 Å². The van der Waals surface area contributed by atoms with Crippen molar-refractivity contribution in [2.24, 2.45) is 5.10 Å². The normalized spacial score (nSPS) is 10.6. The van der Waals surface area contributed by atoms with Crippen LogP contribution in [0.3, 0.4) is 0 Å². The van der Waals surface area contributed by atoms with Crippen LogP contribution in [0.4, 0.5) is 5.69 Å². The van der Waals surface area contributed by atoms with Crippen LogP contribution < -0.4 is 5.43 Å². The van der Waals surface area contributed by atoms with Crippen molar-refractivity contribution in [3.63, 3.8) is 0 Å². The standard InChI is InChI=1S/C14H9Cl2N3O3/c15-12-6-2-4-10(13(12)16)8-17-18-14(20)9-3-1-5-11(7-9)19(21)22/h1-8H,(H,18,20). The minimum Gasteiger partial charge on any atom is -0.267 e. The van der Waals surface area contributed by atoms with Gasteiger partial charge in [0.05, 0.1) is 21.2 Å². The number of halogens is 2. The van der Waals surface area contributed by atoms with E-state index in [0.29, 0.717) is 15.6 Å². The molecular weight excluding hydrogens is 329 g/mol. The van der Waals surface area contributed by atoms with E-state index in [9.17, 15) is 14.9 Å². The number of carbonyl (C=O) groups is 1. The molecule has 0 aliphatic rings. The Morgan fingerprint density at radius 3 is 2.68 bits per heavy atom. The zero-order valence-corrected chi connectivity index (χ0v) is 12.5. The molecule has 22 heavy (non-hydrogen) atoms. The topological polar surface area (TPSA) is 84.6 Å². The molecule has 0 aromatic heterocycles. The van der Waals surface area contributed by atoms with Gasteiger partial charge in [0.2, 0.25) is 0 Å². The minimum atomic E-state index is -0.578. The maximum absolute atomic E-state index is 11.9. The smallest absolute Gasteiger partial charge is 0.267 e. The van der Waals surface area contributed by atoms with Gasteiger partial charge >= 0.3 is 0 Å². The molecule has 1 amide bonds. The number of rotatable bonds is 4. The van der Waals surface area contributed by atoms with E-state index in [4.69, 9.17) is 23.2 Å². The lowest BCUT2D eigenvalue weighted by molar-refractivity contribution is -0.384. The minimum absolute atomic E-state index is 0.128. The first-order valence-corrected chi connectivity index (χ1v) is 6.76. The first-order valence-electron chi connectivity index (χ1n) is 6.01. The second-order valence-corrected chi connectivity index (χ2v) is 4.93. The SMILES string of the molecule is O=C(NN=Cc1cccc(Cl)c1Cl)c1cccc([N+](=O)[O-])c1. The molecule has 6 nitrogen and oxygen atoms in total. The van der Waals surface area contributed by atoms with Crippen LogP contribution in [-0.2, 0) is 0 Å². The quantitative estimate of drug-likeness (QED) is 0.524. The zero-order chi connectivity index (χ0) is 16.1. The maximum Gasteiger partial charge on any atom is 0.271 e. The van der Waals surface area contributed by atoms with E-state index in [2.05, 4.69) is 10.5 Å². The summed E-state index contributed by atoms with van der Waals surface area (Å²) in [6, 6.07) is 10.3. The molecule has 0 radical (unpaired) electrons. The third kappa shape index (κ3) is 3.81. The lowest BCUT2D eigenvalue weighted by atomic mass is 10.2. The number of nitro benzene ring substituents is 1. The van der Waals surface area contributed by atoms with Gasteiger partial charge in [-0.2, -0.15) is 5.10 Å². The van der Waals surface area contributed by atoms with Crippen LogP contribution in [0.2, 0.25) is 10.0 Å². The van der Waals surface area contributed by atoms with Crippen molar-refractivity contribution >= 4 is 41.0 Å². The fourth-order valence-corrected chi connectivity index (χ4v) is 1.96. The van der Waals surface area contributed by atoms with E-state index in [1.807, 2.05) is 0 Å². The summed E-state index contributed by atoms with van der Waals surface area (Å²) in [5.74, 6) is -0.571. The number of nitrogens with zero attached hydrogens (tertiary/aromatic N) is 2. The molecule has 0 bridgehead atoms. The van der Waals surface area contributed by atoms with Crippen LogP contribution >= 0.6 is 23.2 Å². The number of carbonyl (C=O) groups excluding carboxylic acids is 1. The van der Waals surface area contributed by atoms with Crippen LogP contribution in [0.25, 0.3) is 0 Å². The van der Waals surface area contributed by atoms with E-state index in [1.54, 1.807) is 18.2 Å². The van der Waals surface area contributed by atoms with E-state index < -0.39 is 10.8 Å². The second-order valence-electron chi connectivity index (χ2n) is 4.15. The molecule has 0 saturated heterocycles. The fraction of sp³-hybridized carbons (Fsp3) is 0. The molecule has 0 aliphatic heterocycles. The van der Waals surface area contributed by atoms with Crippen molar-refractivity contribution in [1.29, 1.82) is 0 Å². The van der Waals surface area contributed by atoms with E-state index in [1.165, 1.54) is 24.4 Å². The Morgan fingerprint density at radius 1 is 1.23 bits per heavy atom. The molecule has 0 spiro atoms. The number of benzene rings is 2. The van der Waals surface area contributed by atoms with Crippen molar-refractivity contribution in [1.82, 2.24) is 5.43 Å². The molecule has 0 aliphatic carbocycles. The number of amides is 1. The third-order valence-electron chi connectivity index (χ3n) is 2.67.